The highest BCUT2D eigenvalue weighted by atomic mass is 16.6. The summed E-state index contributed by atoms with van der Waals surface area (Å²) >= 11 is 0. The molecule has 0 radical (unpaired) electrons. The van der Waals surface area contributed by atoms with Crippen LogP contribution in [-0.2, 0) is 4.74 Å². The number of nitrogens with zero attached hydrogens (tertiary/aromatic N) is 2. The van der Waals surface area contributed by atoms with Crippen molar-refractivity contribution in [2.45, 2.75) is 13.8 Å². The molecule has 5 nitrogen and oxygen atoms in total. The Balaban J connectivity index is 0.000000292. The second kappa shape index (κ2) is 7.06. The third kappa shape index (κ3) is 5.29. The van der Waals surface area contributed by atoms with E-state index in [1.54, 1.807) is 0 Å². The second-order valence-corrected chi connectivity index (χ2v) is 2.72. The second-order valence-electron chi connectivity index (χ2n) is 2.72. The molecule has 0 aromatic rings. The molecule has 0 spiro atoms. The van der Waals surface area contributed by atoms with Gasteiger partial charge in [0.1, 0.15) is 0 Å². The Morgan fingerprint density at radius 1 is 1.36 bits per heavy atom. The molecule has 0 saturated heterocycles. The summed E-state index contributed by atoms with van der Waals surface area (Å²) in [5, 5.41) is 7.50. The zero-order valence-electron chi connectivity index (χ0n) is 8.93. The zero-order chi connectivity index (χ0) is 11.0. The standard InChI is InChI=1S/C7H14N2.C2H4O3/c1-3-8-5-6-9(4-2)7-8;1-5-2(3)4/h5-6H,3-4,7H2,1-2H3;1H3,(H,3,4). The van der Waals surface area contributed by atoms with Crippen LogP contribution in [0.15, 0.2) is 12.4 Å². The highest BCUT2D eigenvalue weighted by molar-refractivity contribution is 5.56. The minimum absolute atomic E-state index is 1.08. The molecule has 0 atom stereocenters. The molecule has 0 amide bonds. The van der Waals surface area contributed by atoms with Gasteiger partial charge in [-0.25, -0.2) is 4.79 Å². The normalized spacial score (nSPS) is 13.6. The van der Waals surface area contributed by atoms with Crippen LogP contribution in [0.2, 0.25) is 0 Å². The van der Waals surface area contributed by atoms with Gasteiger partial charge in [-0.05, 0) is 13.8 Å². The van der Waals surface area contributed by atoms with Crippen molar-refractivity contribution in [3.05, 3.63) is 12.4 Å². The van der Waals surface area contributed by atoms with Gasteiger partial charge in [-0.2, -0.15) is 0 Å². The zero-order valence-corrected chi connectivity index (χ0v) is 8.93. The molecule has 0 saturated carbocycles. The lowest BCUT2D eigenvalue weighted by molar-refractivity contribution is 0.114. The summed E-state index contributed by atoms with van der Waals surface area (Å²) in [7, 11) is 1.10. The van der Waals surface area contributed by atoms with Crippen molar-refractivity contribution < 1.29 is 14.6 Å². The molecule has 1 aliphatic rings. The molecule has 14 heavy (non-hydrogen) atoms. The monoisotopic (exact) mass is 202 g/mol. The summed E-state index contributed by atoms with van der Waals surface area (Å²) in [6.45, 7) is 7.65. The molecule has 0 fully saturated rings. The Labute approximate surface area is 84.6 Å². The van der Waals surface area contributed by atoms with E-state index in [4.69, 9.17) is 9.90 Å². The fourth-order valence-electron chi connectivity index (χ4n) is 0.927. The Morgan fingerprint density at radius 3 is 1.86 bits per heavy atom. The molecule has 1 rings (SSSR count). The van der Waals surface area contributed by atoms with Crippen LogP contribution in [0.5, 0.6) is 0 Å². The summed E-state index contributed by atoms with van der Waals surface area (Å²) in [6, 6.07) is 0. The van der Waals surface area contributed by atoms with Crippen LogP contribution in [0.25, 0.3) is 0 Å². The van der Waals surface area contributed by atoms with Gasteiger partial charge in [-0.1, -0.05) is 0 Å². The molecule has 5 heteroatoms. The van der Waals surface area contributed by atoms with Crippen molar-refractivity contribution in [2.75, 3.05) is 26.9 Å². The fourth-order valence-corrected chi connectivity index (χ4v) is 0.927. The van der Waals surface area contributed by atoms with Crippen molar-refractivity contribution >= 4 is 6.16 Å². The molecule has 1 N–H and O–H groups in total. The first-order valence-electron chi connectivity index (χ1n) is 4.57. The first-order valence-corrected chi connectivity index (χ1v) is 4.57. The van der Waals surface area contributed by atoms with Gasteiger partial charge < -0.3 is 19.6 Å². The number of carbonyl (C=O) groups is 1. The SMILES string of the molecule is CCN1C=CN(CC)C1.COC(=O)O. The average Bonchev–Trinajstić information content (AvgIpc) is 2.66. The van der Waals surface area contributed by atoms with E-state index in [9.17, 15) is 0 Å². The Morgan fingerprint density at radius 2 is 1.71 bits per heavy atom. The molecule has 82 valence electrons. The lowest BCUT2D eigenvalue weighted by Gasteiger charge is -2.17. The summed E-state index contributed by atoms with van der Waals surface area (Å²) in [6.07, 6.45) is 3.04. The third-order valence-corrected chi connectivity index (χ3v) is 1.84. The van der Waals surface area contributed by atoms with E-state index < -0.39 is 6.16 Å². The molecule has 0 aromatic heterocycles. The van der Waals surface area contributed by atoms with Crippen molar-refractivity contribution in [3.63, 3.8) is 0 Å². The van der Waals surface area contributed by atoms with Crippen LogP contribution < -0.4 is 0 Å². The lowest BCUT2D eigenvalue weighted by Crippen LogP contribution is -2.24. The molecule has 0 bridgehead atoms. The van der Waals surface area contributed by atoms with Gasteiger partial charge in [0.25, 0.3) is 0 Å². The molecule has 0 aromatic carbocycles. The predicted molar refractivity (Wildman–Crippen MR) is 53.8 cm³/mol. The van der Waals surface area contributed by atoms with E-state index in [2.05, 4.69) is 40.8 Å². The van der Waals surface area contributed by atoms with Crippen LogP contribution >= 0.6 is 0 Å². The minimum Gasteiger partial charge on any atom is -0.450 e. The third-order valence-electron chi connectivity index (χ3n) is 1.84. The number of rotatable bonds is 2. The maximum atomic E-state index is 9.15. The van der Waals surface area contributed by atoms with Crippen LogP contribution in [0.4, 0.5) is 4.79 Å². The van der Waals surface area contributed by atoms with Crippen LogP contribution in [0, 0.1) is 0 Å². The van der Waals surface area contributed by atoms with E-state index >= 15 is 0 Å². The summed E-state index contributed by atoms with van der Waals surface area (Å²) in [5.41, 5.74) is 0. The van der Waals surface area contributed by atoms with Gasteiger partial charge in [-0.3, -0.25) is 0 Å². The lowest BCUT2D eigenvalue weighted by atomic mass is 10.6. The minimum atomic E-state index is -1.25. The van der Waals surface area contributed by atoms with Gasteiger partial charge in [0.2, 0.25) is 0 Å². The predicted octanol–water partition coefficient (Wildman–Crippen LogP) is 1.38. The van der Waals surface area contributed by atoms with E-state index in [-0.39, 0.29) is 0 Å². The highest BCUT2D eigenvalue weighted by Gasteiger charge is 2.06. The van der Waals surface area contributed by atoms with Gasteiger partial charge in [0, 0.05) is 25.5 Å². The smallest absolute Gasteiger partial charge is 0.450 e. The van der Waals surface area contributed by atoms with Gasteiger partial charge in [0.15, 0.2) is 0 Å². The number of hydrogen-bond acceptors (Lipinski definition) is 4. The van der Waals surface area contributed by atoms with Crippen LogP contribution in [0.1, 0.15) is 13.8 Å². The first-order chi connectivity index (χ1) is 6.63. The Kier molecular flexibility index (Phi) is 6.36. The van der Waals surface area contributed by atoms with Gasteiger partial charge in [0.05, 0.1) is 13.8 Å². The van der Waals surface area contributed by atoms with Gasteiger partial charge in [-0.15, -0.1) is 0 Å². The Bertz CT molecular complexity index is 182. The van der Waals surface area contributed by atoms with Crippen molar-refractivity contribution in [1.29, 1.82) is 0 Å². The van der Waals surface area contributed by atoms with Crippen LogP contribution in [0.3, 0.4) is 0 Å². The van der Waals surface area contributed by atoms with Crippen molar-refractivity contribution in [3.8, 4) is 0 Å². The summed E-state index contributed by atoms with van der Waals surface area (Å²) in [4.78, 5) is 13.7. The number of carboxylic acid groups (broad SMARTS) is 1. The average molecular weight is 202 g/mol. The number of hydrogen-bond donors (Lipinski definition) is 1. The van der Waals surface area contributed by atoms with E-state index in [0.29, 0.717) is 0 Å². The topological polar surface area (TPSA) is 53.0 Å². The molecule has 0 aliphatic carbocycles. The fraction of sp³-hybridized carbons (Fsp3) is 0.667. The van der Waals surface area contributed by atoms with Crippen LogP contribution in [-0.4, -0.2) is 47.9 Å². The molecule has 0 unspecified atom stereocenters. The Hall–Kier alpha value is -1.39. The van der Waals surface area contributed by atoms with E-state index in [1.165, 1.54) is 0 Å². The van der Waals surface area contributed by atoms with Crippen molar-refractivity contribution in [1.82, 2.24) is 9.80 Å². The van der Waals surface area contributed by atoms with Crippen molar-refractivity contribution in [2.24, 2.45) is 0 Å². The maximum absolute atomic E-state index is 9.15. The highest BCUT2D eigenvalue weighted by Crippen LogP contribution is 2.03. The number of methoxy groups -OCH3 is 1. The number of ether oxygens (including phenoxy) is 1. The van der Waals surface area contributed by atoms with Gasteiger partial charge >= 0.3 is 6.16 Å². The van der Waals surface area contributed by atoms with E-state index in [0.717, 1.165) is 26.9 Å². The molecular weight excluding hydrogens is 184 g/mol. The summed E-state index contributed by atoms with van der Waals surface area (Å²) in [5.74, 6) is 0. The summed E-state index contributed by atoms with van der Waals surface area (Å²) < 4.78 is 3.67. The largest absolute Gasteiger partial charge is 0.505 e. The maximum Gasteiger partial charge on any atom is 0.505 e. The quantitative estimate of drug-likeness (QED) is 0.686. The molecule has 1 heterocycles. The molecular formula is C9H18N2O3. The first kappa shape index (κ1) is 12.6. The molecule has 1 aliphatic heterocycles. The van der Waals surface area contributed by atoms with E-state index in [1.807, 2.05) is 0 Å².